The fourth-order valence-electron chi connectivity index (χ4n) is 3.02. The van der Waals surface area contributed by atoms with Gasteiger partial charge in [-0.05, 0) is 24.3 Å². The molecule has 0 saturated heterocycles. The van der Waals surface area contributed by atoms with E-state index in [4.69, 9.17) is 9.15 Å². The molecule has 0 radical (unpaired) electrons. The first kappa shape index (κ1) is 16.2. The molecule has 0 amide bonds. The van der Waals surface area contributed by atoms with Crippen LogP contribution in [0.4, 0.5) is 0 Å². The minimum Gasteiger partial charge on any atom is -0.481 e. The Hall–Kier alpha value is -2.25. The summed E-state index contributed by atoms with van der Waals surface area (Å²) in [4.78, 5) is 15.5. The predicted molar refractivity (Wildman–Crippen MR) is 96.0 cm³/mol. The lowest BCUT2D eigenvalue weighted by Gasteiger charge is -2.27. The maximum Gasteiger partial charge on any atom is 0.226 e. The summed E-state index contributed by atoms with van der Waals surface area (Å²) in [6.45, 7) is 2.39. The van der Waals surface area contributed by atoms with Crippen molar-refractivity contribution in [1.29, 1.82) is 0 Å². The predicted octanol–water partition coefficient (Wildman–Crippen LogP) is 3.46. The smallest absolute Gasteiger partial charge is 0.226 e. The Morgan fingerprint density at radius 2 is 2.08 bits per heavy atom. The molecule has 25 heavy (non-hydrogen) atoms. The first-order chi connectivity index (χ1) is 12.2. The highest BCUT2D eigenvalue weighted by Crippen LogP contribution is 2.26. The summed E-state index contributed by atoms with van der Waals surface area (Å²) < 4.78 is 12.0. The van der Waals surface area contributed by atoms with Gasteiger partial charge in [0.1, 0.15) is 12.6 Å². The molecule has 2 aromatic heterocycles. The van der Waals surface area contributed by atoms with Gasteiger partial charge in [0.15, 0.2) is 0 Å². The van der Waals surface area contributed by atoms with Gasteiger partial charge in [-0.1, -0.05) is 15.9 Å². The summed E-state index contributed by atoms with van der Waals surface area (Å²) in [7, 11) is 1.64. The van der Waals surface area contributed by atoms with Crippen molar-refractivity contribution in [2.75, 3.05) is 13.7 Å². The average Bonchev–Trinajstić information content (AvgIpc) is 3.10. The fraction of sp³-hybridized carbons (Fsp3) is 0.278. The van der Waals surface area contributed by atoms with Crippen molar-refractivity contribution in [2.45, 2.75) is 19.5 Å². The quantitative estimate of drug-likeness (QED) is 0.667. The van der Waals surface area contributed by atoms with Crippen molar-refractivity contribution < 1.29 is 9.15 Å². The summed E-state index contributed by atoms with van der Waals surface area (Å²) in [5, 5.41) is 0. The van der Waals surface area contributed by atoms with Gasteiger partial charge in [0.25, 0.3) is 0 Å². The van der Waals surface area contributed by atoms with Gasteiger partial charge in [0.05, 0.1) is 18.5 Å². The first-order valence-electron chi connectivity index (χ1n) is 8.02. The molecule has 7 heteroatoms. The van der Waals surface area contributed by atoms with Crippen molar-refractivity contribution in [3.05, 3.63) is 58.3 Å². The number of hydrogen-bond donors (Lipinski definition) is 0. The molecule has 0 N–H and O–H groups in total. The third-order valence-electron chi connectivity index (χ3n) is 4.26. The van der Waals surface area contributed by atoms with Crippen LogP contribution in [0.2, 0.25) is 0 Å². The monoisotopic (exact) mass is 400 g/mol. The van der Waals surface area contributed by atoms with E-state index in [0.717, 1.165) is 53.0 Å². The number of fused-ring (bicyclic) bond motifs is 1. The van der Waals surface area contributed by atoms with Crippen molar-refractivity contribution in [3.8, 4) is 17.3 Å². The van der Waals surface area contributed by atoms with Crippen molar-refractivity contribution >= 4 is 15.9 Å². The zero-order chi connectivity index (χ0) is 17.2. The molecule has 6 nitrogen and oxygen atoms in total. The third-order valence-corrected chi connectivity index (χ3v) is 4.79. The lowest BCUT2D eigenvalue weighted by molar-refractivity contribution is 0.233. The van der Waals surface area contributed by atoms with Gasteiger partial charge in [-0.3, -0.25) is 4.90 Å². The van der Waals surface area contributed by atoms with E-state index in [2.05, 4.69) is 35.8 Å². The Bertz CT molecular complexity index is 865. The summed E-state index contributed by atoms with van der Waals surface area (Å²) >= 11 is 3.44. The van der Waals surface area contributed by atoms with Crippen molar-refractivity contribution in [1.82, 2.24) is 19.9 Å². The molecule has 1 aromatic carbocycles. The van der Waals surface area contributed by atoms with Crippen LogP contribution < -0.4 is 4.74 Å². The minimum atomic E-state index is 0.640. The largest absolute Gasteiger partial charge is 0.481 e. The second-order valence-electron chi connectivity index (χ2n) is 5.92. The minimum absolute atomic E-state index is 0.640. The van der Waals surface area contributed by atoms with Gasteiger partial charge in [0.2, 0.25) is 11.8 Å². The van der Waals surface area contributed by atoms with E-state index in [9.17, 15) is 0 Å². The molecular weight excluding hydrogens is 384 g/mol. The normalized spacial score (nSPS) is 14.3. The third kappa shape index (κ3) is 3.43. The average molecular weight is 401 g/mol. The van der Waals surface area contributed by atoms with Crippen LogP contribution in [0.1, 0.15) is 17.0 Å². The molecule has 128 valence electrons. The topological polar surface area (TPSA) is 64.3 Å². The van der Waals surface area contributed by atoms with E-state index >= 15 is 0 Å². The Balaban J connectivity index is 1.49. The maximum atomic E-state index is 5.64. The Kier molecular flexibility index (Phi) is 4.50. The van der Waals surface area contributed by atoms with Gasteiger partial charge < -0.3 is 9.15 Å². The second-order valence-corrected chi connectivity index (χ2v) is 6.84. The molecule has 0 saturated carbocycles. The van der Waals surface area contributed by atoms with Crippen LogP contribution in [0.3, 0.4) is 0 Å². The van der Waals surface area contributed by atoms with Gasteiger partial charge in [-0.25, -0.2) is 15.0 Å². The molecule has 0 fully saturated rings. The molecule has 3 aromatic rings. The lowest BCUT2D eigenvalue weighted by atomic mass is 10.1. The summed E-state index contributed by atoms with van der Waals surface area (Å²) in [6.07, 6.45) is 4.17. The summed E-state index contributed by atoms with van der Waals surface area (Å²) in [6, 6.07) is 7.93. The van der Waals surface area contributed by atoms with Crippen LogP contribution in [0.5, 0.6) is 5.88 Å². The van der Waals surface area contributed by atoms with Crippen LogP contribution in [-0.4, -0.2) is 33.5 Å². The molecule has 0 bridgehead atoms. The number of benzene rings is 1. The van der Waals surface area contributed by atoms with Crippen molar-refractivity contribution in [2.24, 2.45) is 0 Å². The molecule has 3 heterocycles. The SMILES string of the molecule is COc1ncnc2c1CN(Cc1coc(-c3ccc(Br)cc3)n1)CC2. The van der Waals surface area contributed by atoms with Crippen LogP contribution in [0, 0.1) is 0 Å². The van der Waals surface area contributed by atoms with E-state index < -0.39 is 0 Å². The van der Waals surface area contributed by atoms with Crippen LogP contribution in [0.15, 0.2) is 45.7 Å². The molecule has 0 aliphatic carbocycles. The number of aromatic nitrogens is 3. The number of rotatable bonds is 4. The van der Waals surface area contributed by atoms with Gasteiger partial charge in [0, 0.05) is 41.7 Å². The van der Waals surface area contributed by atoms with Crippen molar-refractivity contribution in [3.63, 3.8) is 0 Å². The van der Waals surface area contributed by atoms with Gasteiger partial charge in [-0.15, -0.1) is 0 Å². The lowest BCUT2D eigenvalue weighted by Crippen LogP contribution is -2.31. The molecular formula is C18H17BrN4O2. The zero-order valence-corrected chi connectivity index (χ0v) is 15.4. The van der Waals surface area contributed by atoms with Crippen LogP contribution in [0.25, 0.3) is 11.5 Å². The number of nitrogens with zero attached hydrogens (tertiary/aromatic N) is 4. The van der Waals surface area contributed by atoms with E-state index in [1.807, 2.05) is 24.3 Å². The van der Waals surface area contributed by atoms with E-state index in [-0.39, 0.29) is 0 Å². The highest BCUT2D eigenvalue weighted by Gasteiger charge is 2.22. The second kappa shape index (κ2) is 6.93. The van der Waals surface area contributed by atoms with Crippen LogP contribution in [-0.2, 0) is 19.5 Å². The number of halogens is 1. The number of oxazole rings is 1. The van der Waals surface area contributed by atoms with Gasteiger partial charge in [-0.2, -0.15) is 0 Å². The fourth-order valence-corrected chi connectivity index (χ4v) is 3.28. The highest BCUT2D eigenvalue weighted by atomic mass is 79.9. The highest BCUT2D eigenvalue weighted by molar-refractivity contribution is 9.10. The molecule has 1 aliphatic rings. The maximum absolute atomic E-state index is 5.64. The molecule has 0 unspecified atom stereocenters. The summed E-state index contributed by atoms with van der Waals surface area (Å²) in [5.41, 5.74) is 4.01. The molecule has 0 atom stereocenters. The molecule has 4 rings (SSSR count). The van der Waals surface area contributed by atoms with Gasteiger partial charge >= 0.3 is 0 Å². The number of ether oxygens (including phenoxy) is 1. The summed E-state index contributed by atoms with van der Waals surface area (Å²) in [5.74, 6) is 1.30. The first-order valence-corrected chi connectivity index (χ1v) is 8.81. The number of methoxy groups -OCH3 is 1. The van der Waals surface area contributed by atoms with Crippen LogP contribution >= 0.6 is 15.9 Å². The number of hydrogen-bond acceptors (Lipinski definition) is 6. The Morgan fingerprint density at radius 1 is 1.24 bits per heavy atom. The van der Waals surface area contributed by atoms with E-state index in [0.29, 0.717) is 11.8 Å². The zero-order valence-electron chi connectivity index (χ0n) is 13.8. The van der Waals surface area contributed by atoms with E-state index in [1.165, 1.54) is 0 Å². The van der Waals surface area contributed by atoms with E-state index in [1.54, 1.807) is 19.7 Å². The Morgan fingerprint density at radius 3 is 2.88 bits per heavy atom. The Labute approximate surface area is 154 Å². The molecule has 1 aliphatic heterocycles. The molecule has 0 spiro atoms. The standard InChI is InChI=1S/C18H17BrN4O2/c1-24-18-15-9-23(7-6-16(15)20-11-21-18)8-14-10-25-17(22-14)12-2-4-13(19)5-3-12/h2-5,10-11H,6-9H2,1H3.